The van der Waals surface area contributed by atoms with E-state index in [1.807, 2.05) is 24.1 Å². The molecule has 0 spiro atoms. The zero-order valence-corrected chi connectivity index (χ0v) is 10.5. The van der Waals surface area contributed by atoms with E-state index in [-0.39, 0.29) is 17.8 Å². The van der Waals surface area contributed by atoms with Crippen LogP contribution in [0.25, 0.3) is 0 Å². The Morgan fingerprint density at radius 1 is 1.39 bits per heavy atom. The van der Waals surface area contributed by atoms with Gasteiger partial charge in [0.1, 0.15) is 5.82 Å². The Morgan fingerprint density at radius 2 is 2.11 bits per heavy atom. The van der Waals surface area contributed by atoms with E-state index in [9.17, 15) is 4.39 Å². The highest BCUT2D eigenvalue weighted by molar-refractivity contribution is 5.79. The maximum atomic E-state index is 13.6. The minimum Gasteiger partial charge on any atom is -0.370 e. The van der Waals surface area contributed by atoms with Gasteiger partial charge in [-0.2, -0.15) is 0 Å². The first-order valence-electron chi connectivity index (χ1n) is 6.47. The first kappa shape index (κ1) is 11.5. The zero-order valence-electron chi connectivity index (χ0n) is 10.5. The van der Waals surface area contributed by atoms with Crippen LogP contribution in [0.1, 0.15) is 30.7 Å². The molecular weight excluding hydrogens is 229 g/mol. The molecule has 0 aromatic heterocycles. The van der Waals surface area contributed by atoms with Gasteiger partial charge in [0.25, 0.3) is 0 Å². The minimum absolute atomic E-state index is 0.130. The molecule has 18 heavy (non-hydrogen) atoms. The molecule has 2 aliphatic carbocycles. The maximum Gasteiger partial charge on any atom is 0.191 e. The highest BCUT2D eigenvalue weighted by Gasteiger charge is 2.40. The lowest BCUT2D eigenvalue weighted by Crippen LogP contribution is -2.36. The monoisotopic (exact) mass is 247 g/mol. The van der Waals surface area contributed by atoms with Crippen molar-refractivity contribution in [1.29, 1.82) is 0 Å². The molecule has 3 nitrogen and oxygen atoms in total. The lowest BCUT2D eigenvalue weighted by Gasteiger charge is -2.16. The van der Waals surface area contributed by atoms with E-state index in [0.29, 0.717) is 12.0 Å². The predicted molar refractivity (Wildman–Crippen MR) is 70.0 cm³/mol. The van der Waals surface area contributed by atoms with Crippen LogP contribution < -0.4 is 5.73 Å². The van der Waals surface area contributed by atoms with Crippen LogP contribution in [-0.2, 0) is 0 Å². The fourth-order valence-corrected chi connectivity index (χ4v) is 2.34. The van der Waals surface area contributed by atoms with E-state index in [1.54, 1.807) is 6.07 Å². The highest BCUT2D eigenvalue weighted by atomic mass is 19.1. The van der Waals surface area contributed by atoms with Crippen LogP contribution in [0, 0.1) is 5.82 Å². The third kappa shape index (κ3) is 2.19. The molecule has 0 bridgehead atoms. The summed E-state index contributed by atoms with van der Waals surface area (Å²) < 4.78 is 13.6. The van der Waals surface area contributed by atoms with Gasteiger partial charge >= 0.3 is 0 Å². The summed E-state index contributed by atoms with van der Waals surface area (Å²) in [5.41, 5.74) is 6.73. The molecule has 1 aromatic carbocycles. The summed E-state index contributed by atoms with van der Waals surface area (Å²) in [5, 5.41) is 0. The number of nitrogens with zero attached hydrogens (tertiary/aromatic N) is 2. The fraction of sp³-hybridized carbons (Fsp3) is 0.500. The van der Waals surface area contributed by atoms with Crippen molar-refractivity contribution in [3.63, 3.8) is 0 Å². The summed E-state index contributed by atoms with van der Waals surface area (Å²) in [7, 11) is 1.98. The van der Waals surface area contributed by atoms with Crippen LogP contribution in [0.3, 0.4) is 0 Å². The average molecular weight is 247 g/mol. The van der Waals surface area contributed by atoms with Crippen molar-refractivity contribution in [3.05, 3.63) is 35.6 Å². The number of guanidine groups is 1. The van der Waals surface area contributed by atoms with Crippen LogP contribution >= 0.6 is 0 Å². The molecule has 0 radical (unpaired) electrons. The van der Waals surface area contributed by atoms with Gasteiger partial charge in [-0.05, 0) is 30.9 Å². The Morgan fingerprint density at radius 3 is 2.78 bits per heavy atom. The maximum absolute atomic E-state index is 13.6. The van der Waals surface area contributed by atoms with Crippen LogP contribution in [-0.4, -0.2) is 30.0 Å². The number of aliphatic imine (C=N–C) groups is 1. The van der Waals surface area contributed by atoms with Gasteiger partial charge < -0.3 is 10.6 Å². The summed E-state index contributed by atoms with van der Waals surface area (Å²) >= 11 is 0. The van der Waals surface area contributed by atoms with Crippen LogP contribution in [0.15, 0.2) is 29.3 Å². The molecule has 2 unspecified atom stereocenters. The van der Waals surface area contributed by atoms with Crippen molar-refractivity contribution in [2.75, 3.05) is 7.05 Å². The standard InChI is InChI=1S/C14H18FN3/c1-18(9-6-7-9)14(16)17-13-8-11(13)10-4-2-3-5-12(10)15/h2-5,9,11,13H,6-8H2,1H3,(H2,16,17). The second-order valence-corrected chi connectivity index (χ2v) is 5.26. The number of nitrogens with two attached hydrogens (primary N) is 1. The lowest BCUT2D eigenvalue weighted by atomic mass is 10.1. The van der Waals surface area contributed by atoms with Crippen molar-refractivity contribution in [2.24, 2.45) is 10.7 Å². The third-order valence-electron chi connectivity index (χ3n) is 3.82. The predicted octanol–water partition coefficient (Wildman–Crippen LogP) is 2.09. The van der Waals surface area contributed by atoms with E-state index in [4.69, 9.17) is 5.73 Å². The van der Waals surface area contributed by atoms with Gasteiger partial charge in [-0.3, -0.25) is 0 Å². The van der Waals surface area contributed by atoms with E-state index in [0.717, 1.165) is 12.0 Å². The van der Waals surface area contributed by atoms with Crippen LogP contribution in [0.5, 0.6) is 0 Å². The third-order valence-corrected chi connectivity index (χ3v) is 3.82. The molecule has 2 fully saturated rings. The summed E-state index contributed by atoms with van der Waals surface area (Å²) in [6, 6.07) is 7.67. The zero-order chi connectivity index (χ0) is 12.7. The van der Waals surface area contributed by atoms with Crippen molar-refractivity contribution in [3.8, 4) is 0 Å². The molecule has 0 saturated heterocycles. The summed E-state index contributed by atoms with van der Waals surface area (Å²) in [5.74, 6) is 0.674. The highest BCUT2D eigenvalue weighted by Crippen LogP contribution is 2.44. The summed E-state index contributed by atoms with van der Waals surface area (Å²) in [6.45, 7) is 0. The Balaban J connectivity index is 1.67. The Kier molecular flexibility index (Phi) is 2.73. The number of benzene rings is 1. The molecule has 2 atom stereocenters. The van der Waals surface area contributed by atoms with Gasteiger partial charge in [-0.1, -0.05) is 18.2 Å². The topological polar surface area (TPSA) is 41.6 Å². The van der Waals surface area contributed by atoms with E-state index >= 15 is 0 Å². The van der Waals surface area contributed by atoms with Gasteiger partial charge in [-0.25, -0.2) is 9.38 Å². The second-order valence-electron chi connectivity index (χ2n) is 5.26. The molecule has 1 aromatic rings. The summed E-state index contributed by atoms with van der Waals surface area (Å²) in [4.78, 5) is 6.54. The Bertz CT molecular complexity index is 482. The number of hydrogen-bond acceptors (Lipinski definition) is 1. The van der Waals surface area contributed by atoms with E-state index < -0.39 is 0 Å². The molecule has 0 amide bonds. The molecule has 96 valence electrons. The van der Waals surface area contributed by atoms with Crippen LogP contribution in [0.2, 0.25) is 0 Å². The van der Waals surface area contributed by atoms with Gasteiger partial charge in [-0.15, -0.1) is 0 Å². The molecule has 2 N–H and O–H groups in total. The van der Waals surface area contributed by atoms with Gasteiger partial charge in [0.15, 0.2) is 5.96 Å². The Labute approximate surface area is 106 Å². The Hall–Kier alpha value is -1.58. The number of halogens is 1. The number of rotatable bonds is 3. The first-order valence-corrected chi connectivity index (χ1v) is 6.47. The lowest BCUT2D eigenvalue weighted by molar-refractivity contribution is 0.487. The van der Waals surface area contributed by atoms with Gasteiger partial charge in [0, 0.05) is 19.0 Å². The first-order chi connectivity index (χ1) is 8.66. The molecule has 2 saturated carbocycles. The van der Waals surface area contributed by atoms with Crippen molar-refractivity contribution < 1.29 is 4.39 Å². The van der Waals surface area contributed by atoms with Crippen molar-refractivity contribution in [1.82, 2.24) is 4.90 Å². The number of hydrogen-bond donors (Lipinski definition) is 1. The SMILES string of the molecule is CN(C(N)=NC1CC1c1ccccc1F)C1CC1. The quantitative estimate of drug-likeness (QED) is 0.656. The molecule has 2 aliphatic rings. The average Bonchev–Trinajstić information content (AvgIpc) is 3.23. The molecule has 3 rings (SSSR count). The molecular formula is C14H18FN3. The normalized spacial score (nSPS) is 27.1. The van der Waals surface area contributed by atoms with Crippen molar-refractivity contribution in [2.45, 2.75) is 37.3 Å². The second kappa shape index (κ2) is 4.26. The van der Waals surface area contributed by atoms with Crippen LogP contribution in [0.4, 0.5) is 4.39 Å². The van der Waals surface area contributed by atoms with Gasteiger partial charge in [0.05, 0.1) is 6.04 Å². The summed E-state index contributed by atoms with van der Waals surface area (Å²) in [6.07, 6.45) is 3.31. The smallest absolute Gasteiger partial charge is 0.191 e. The van der Waals surface area contributed by atoms with Gasteiger partial charge in [0.2, 0.25) is 0 Å². The van der Waals surface area contributed by atoms with E-state index in [2.05, 4.69) is 4.99 Å². The fourth-order valence-electron chi connectivity index (χ4n) is 2.34. The molecule has 0 heterocycles. The van der Waals surface area contributed by atoms with Crippen molar-refractivity contribution >= 4 is 5.96 Å². The molecule has 0 aliphatic heterocycles. The molecule has 4 heteroatoms. The van der Waals surface area contributed by atoms with E-state index in [1.165, 1.54) is 18.9 Å². The minimum atomic E-state index is -0.130. The largest absolute Gasteiger partial charge is 0.370 e.